The molecule has 1 aliphatic rings. The maximum absolute atomic E-state index is 12.7. The highest BCUT2D eigenvalue weighted by atomic mass is 32.2. The van der Waals surface area contributed by atoms with E-state index in [0.717, 1.165) is 26.5 Å². The van der Waals surface area contributed by atoms with Gasteiger partial charge in [-0.1, -0.05) is 42.4 Å². The molecule has 1 amide bonds. The molecule has 0 aliphatic heterocycles. The standard InChI is InChI=1S/C22H26N6O2S2/c1-14-15(2)28(12-17-9-6-10-30-17)20(18(14)11-23)25-19(29)13-31-22-27-26-21(32-22)24-16-7-4-3-5-8-16/h6,9-10,16H,3-5,7-8,12-13H2,1-2H3,(H,24,26)(H,25,29). The van der Waals surface area contributed by atoms with Gasteiger partial charge in [-0.25, -0.2) is 0 Å². The summed E-state index contributed by atoms with van der Waals surface area (Å²) in [5.74, 6) is 1.25. The lowest BCUT2D eigenvalue weighted by Crippen LogP contribution is -2.21. The van der Waals surface area contributed by atoms with Crippen molar-refractivity contribution < 1.29 is 9.21 Å². The first-order valence-electron chi connectivity index (χ1n) is 10.7. The smallest absolute Gasteiger partial charge is 0.235 e. The van der Waals surface area contributed by atoms with Gasteiger partial charge in [0.05, 0.1) is 24.1 Å². The Morgan fingerprint density at radius 3 is 2.88 bits per heavy atom. The fourth-order valence-corrected chi connectivity index (χ4v) is 5.56. The van der Waals surface area contributed by atoms with Crippen molar-refractivity contribution in [2.75, 3.05) is 16.4 Å². The van der Waals surface area contributed by atoms with E-state index >= 15 is 0 Å². The van der Waals surface area contributed by atoms with Crippen molar-refractivity contribution >= 4 is 40.0 Å². The van der Waals surface area contributed by atoms with Gasteiger partial charge in [0.2, 0.25) is 11.0 Å². The number of hydrogen-bond acceptors (Lipinski definition) is 8. The zero-order valence-electron chi connectivity index (χ0n) is 18.2. The molecular formula is C22H26N6O2S2. The number of hydrogen-bond donors (Lipinski definition) is 2. The molecule has 0 aromatic carbocycles. The summed E-state index contributed by atoms with van der Waals surface area (Å²) in [5.41, 5.74) is 2.25. The number of anilines is 2. The van der Waals surface area contributed by atoms with Gasteiger partial charge < -0.3 is 19.6 Å². The van der Waals surface area contributed by atoms with Gasteiger partial charge in [-0.05, 0) is 44.4 Å². The van der Waals surface area contributed by atoms with E-state index in [1.807, 2.05) is 30.5 Å². The topological polar surface area (TPSA) is 109 Å². The van der Waals surface area contributed by atoms with E-state index in [1.165, 1.54) is 55.2 Å². The summed E-state index contributed by atoms with van der Waals surface area (Å²) in [4.78, 5) is 12.7. The summed E-state index contributed by atoms with van der Waals surface area (Å²) >= 11 is 2.82. The lowest BCUT2D eigenvalue weighted by Gasteiger charge is -2.21. The van der Waals surface area contributed by atoms with Crippen LogP contribution in [0, 0.1) is 25.2 Å². The van der Waals surface area contributed by atoms with E-state index in [-0.39, 0.29) is 11.7 Å². The first-order valence-corrected chi connectivity index (χ1v) is 12.5. The van der Waals surface area contributed by atoms with Crippen LogP contribution in [0.4, 0.5) is 10.9 Å². The van der Waals surface area contributed by atoms with E-state index in [1.54, 1.807) is 6.26 Å². The second-order valence-electron chi connectivity index (χ2n) is 7.90. The maximum atomic E-state index is 12.7. The average Bonchev–Trinajstić information content (AvgIpc) is 3.52. The van der Waals surface area contributed by atoms with Crippen molar-refractivity contribution in [2.45, 2.75) is 62.9 Å². The van der Waals surface area contributed by atoms with Crippen molar-refractivity contribution in [2.24, 2.45) is 0 Å². The maximum Gasteiger partial charge on any atom is 0.235 e. The van der Waals surface area contributed by atoms with Crippen LogP contribution in [0.3, 0.4) is 0 Å². The van der Waals surface area contributed by atoms with E-state index in [2.05, 4.69) is 26.9 Å². The molecule has 10 heteroatoms. The average molecular weight is 471 g/mol. The molecule has 0 unspecified atom stereocenters. The molecule has 168 valence electrons. The lowest BCUT2D eigenvalue weighted by atomic mass is 9.96. The summed E-state index contributed by atoms with van der Waals surface area (Å²) in [6, 6.07) is 6.38. The van der Waals surface area contributed by atoms with Crippen LogP contribution in [-0.2, 0) is 11.3 Å². The van der Waals surface area contributed by atoms with E-state index < -0.39 is 0 Å². The number of furan rings is 1. The predicted molar refractivity (Wildman–Crippen MR) is 126 cm³/mol. The number of aromatic nitrogens is 3. The predicted octanol–water partition coefficient (Wildman–Crippen LogP) is 4.94. The molecule has 3 aromatic heterocycles. The SMILES string of the molecule is Cc1c(C#N)c(NC(=O)CSc2nnc(NC3CCCCC3)s2)n(Cc2ccco2)c1C. The molecule has 0 radical (unpaired) electrons. The molecule has 1 saturated carbocycles. The van der Waals surface area contributed by atoms with Gasteiger partial charge in [-0.2, -0.15) is 5.26 Å². The van der Waals surface area contributed by atoms with Gasteiger partial charge in [-0.15, -0.1) is 10.2 Å². The van der Waals surface area contributed by atoms with E-state index in [9.17, 15) is 10.1 Å². The number of thioether (sulfide) groups is 1. The number of nitrogens with one attached hydrogen (secondary N) is 2. The minimum absolute atomic E-state index is 0.187. The van der Waals surface area contributed by atoms with Crippen molar-refractivity contribution in [3.8, 4) is 6.07 Å². The van der Waals surface area contributed by atoms with Gasteiger partial charge in [0.25, 0.3) is 0 Å². The Bertz CT molecular complexity index is 1110. The molecular weight excluding hydrogens is 444 g/mol. The van der Waals surface area contributed by atoms with Crippen LogP contribution in [0.2, 0.25) is 0 Å². The molecule has 0 atom stereocenters. The Morgan fingerprint density at radius 1 is 1.34 bits per heavy atom. The largest absolute Gasteiger partial charge is 0.467 e. The fourth-order valence-electron chi connectivity index (χ4n) is 3.93. The highest BCUT2D eigenvalue weighted by molar-refractivity contribution is 8.01. The third-order valence-corrected chi connectivity index (χ3v) is 7.75. The minimum Gasteiger partial charge on any atom is -0.467 e. The molecule has 32 heavy (non-hydrogen) atoms. The Hall–Kier alpha value is -2.77. The summed E-state index contributed by atoms with van der Waals surface area (Å²) in [5, 5.41) is 25.3. The van der Waals surface area contributed by atoms with E-state index in [4.69, 9.17) is 4.42 Å². The zero-order valence-corrected chi connectivity index (χ0v) is 19.8. The molecule has 0 saturated heterocycles. The molecule has 3 heterocycles. The van der Waals surface area contributed by atoms with Gasteiger partial charge in [0.1, 0.15) is 17.6 Å². The monoisotopic (exact) mass is 470 g/mol. The lowest BCUT2D eigenvalue weighted by molar-refractivity contribution is -0.113. The highest BCUT2D eigenvalue weighted by Crippen LogP contribution is 2.30. The van der Waals surface area contributed by atoms with E-state index in [0.29, 0.717) is 24.0 Å². The van der Waals surface area contributed by atoms with Crippen LogP contribution >= 0.6 is 23.1 Å². The number of rotatable bonds is 8. The normalized spacial score (nSPS) is 14.3. The number of nitrogens with zero attached hydrogens (tertiary/aromatic N) is 4. The van der Waals surface area contributed by atoms with Crippen LogP contribution in [0.5, 0.6) is 0 Å². The van der Waals surface area contributed by atoms with Gasteiger partial charge in [0.15, 0.2) is 4.34 Å². The van der Waals surface area contributed by atoms with Gasteiger partial charge >= 0.3 is 0 Å². The minimum atomic E-state index is -0.193. The molecule has 2 N–H and O–H groups in total. The first-order chi connectivity index (χ1) is 15.5. The highest BCUT2D eigenvalue weighted by Gasteiger charge is 2.21. The summed E-state index contributed by atoms with van der Waals surface area (Å²) in [6.07, 6.45) is 7.76. The molecule has 0 bridgehead atoms. The van der Waals surface area contributed by atoms with Crippen molar-refractivity contribution in [1.82, 2.24) is 14.8 Å². The second-order valence-corrected chi connectivity index (χ2v) is 10.1. The Morgan fingerprint density at radius 2 is 2.16 bits per heavy atom. The first kappa shape index (κ1) is 22.4. The van der Waals surface area contributed by atoms with Crippen LogP contribution in [0.1, 0.15) is 54.7 Å². The fraction of sp³-hybridized carbons (Fsp3) is 0.455. The second kappa shape index (κ2) is 10.2. The van der Waals surface area contributed by atoms with Crippen LogP contribution in [-0.4, -0.2) is 32.5 Å². The van der Waals surface area contributed by atoms with Crippen LogP contribution in [0.15, 0.2) is 27.2 Å². The number of carbonyl (C=O) groups is 1. The quantitative estimate of drug-likeness (QED) is 0.449. The molecule has 1 aliphatic carbocycles. The number of carbonyl (C=O) groups excluding carboxylic acids is 1. The van der Waals surface area contributed by atoms with Crippen molar-refractivity contribution in [3.05, 3.63) is 41.0 Å². The van der Waals surface area contributed by atoms with Crippen LogP contribution < -0.4 is 10.6 Å². The summed E-state index contributed by atoms with van der Waals surface area (Å²) in [7, 11) is 0. The zero-order chi connectivity index (χ0) is 22.5. The Labute approximate surface area is 195 Å². The third kappa shape index (κ3) is 5.16. The third-order valence-electron chi connectivity index (χ3n) is 5.76. The van der Waals surface area contributed by atoms with Crippen molar-refractivity contribution in [3.63, 3.8) is 0 Å². The summed E-state index contributed by atoms with van der Waals surface area (Å²) in [6.45, 7) is 4.27. The number of amides is 1. The van der Waals surface area contributed by atoms with Crippen molar-refractivity contribution in [1.29, 1.82) is 5.26 Å². The molecule has 3 aromatic rings. The Balaban J connectivity index is 1.39. The Kier molecular flexibility index (Phi) is 7.17. The molecule has 4 rings (SSSR count). The molecule has 1 fully saturated rings. The van der Waals surface area contributed by atoms with Crippen LogP contribution in [0.25, 0.3) is 0 Å². The summed E-state index contributed by atoms with van der Waals surface area (Å²) < 4.78 is 8.11. The van der Waals surface area contributed by atoms with Gasteiger partial charge in [0, 0.05) is 11.7 Å². The van der Waals surface area contributed by atoms with Gasteiger partial charge in [-0.3, -0.25) is 4.79 Å². The number of nitriles is 1. The molecule has 8 nitrogen and oxygen atoms in total. The molecule has 0 spiro atoms.